The molecule has 2 aliphatic heterocycles. The van der Waals surface area contributed by atoms with Crippen LogP contribution in [-0.2, 0) is 10.0 Å². The normalized spacial score (nSPS) is 19.0. The van der Waals surface area contributed by atoms with E-state index in [1.54, 1.807) is 9.21 Å². The highest BCUT2D eigenvalue weighted by molar-refractivity contribution is 7.89. The first-order valence-corrected chi connectivity index (χ1v) is 11.2. The molecule has 7 heteroatoms. The SMILES string of the molecule is Cc1c(C)c(C)c(S(=O)(=O)N2CCN(C(=O)N3CCCC3)CC2)c(C)c1C. The number of carbonyl (C=O) groups excluding carboxylic acids is 1. The summed E-state index contributed by atoms with van der Waals surface area (Å²) in [6, 6.07) is 0.0546. The molecule has 2 heterocycles. The monoisotopic (exact) mass is 393 g/mol. The molecule has 0 aromatic heterocycles. The van der Waals surface area contributed by atoms with Crippen LogP contribution in [0.15, 0.2) is 4.90 Å². The van der Waals surface area contributed by atoms with Crippen LogP contribution in [-0.4, -0.2) is 67.8 Å². The average molecular weight is 394 g/mol. The smallest absolute Gasteiger partial charge is 0.320 e. The fraction of sp³-hybridized carbons (Fsp3) is 0.650. The minimum atomic E-state index is -3.57. The number of nitrogens with zero attached hydrogens (tertiary/aromatic N) is 3. The van der Waals surface area contributed by atoms with E-state index < -0.39 is 10.0 Å². The van der Waals surface area contributed by atoms with Crippen molar-refractivity contribution in [2.24, 2.45) is 0 Å². The van der Waals surface area contributed by atoms with Crippen molar-refractivity contribution in [2.45, 2.75) is 52.4 Å². The Kier molecular flexibility index (Phi) is 5.54. The third-order valence-electron chi connectivity index (χ3n) is 6.41. The molecule has 0 atom stereocenters. The Bertz CT molecular complexity index is 821. The molecule has 0 saturated carbocycles. The largest absolute Gasteiger partial charge is 0.325 e. The van der Waals surface area contributed by atoms with E-state index in [0.29, 0.717) is 31.1 Å². The van der Waals surface area contributed by atoms with Crippen molar-refractivity contribution in [2.75, 3.05) is 39.3 Å². The fourth-order valence-electron chi connectivity index (χ4n) is 4.21. The van der Waals surface area contributed by atoms with E-state index in [1.807, 2.05) is 39.5 Å². The maximum atomic E-state index is 13.4. The van der Waals surface area contributed by atoms with Crippen molar-refractivity contribution in [1.29, 1.82) is 0 Å². The van der Waals surface area contributed by atoms with E-state index in [0.717, 1.165) is 53.7 Å². The predicted octanol–water partition coefficient (Wildman–Crippen LogP) is 2.75. The molecule has 27 heavy (non-hydrogen) atoms. The summed E-state index contributed by atoms with van der Waals surface area (Å²) in [6.07, 6.45) is 2.12. The summed E-state index contributed by atoms with van der Waals surface area (Å²) >= 11 is 0. The summed E-state index contributed by atoms with van der Waals surface area (Å²) < 4.78 is 28.3. The second-order valence-electron chi connectivity index (χ2n) is 7.82. The molecule has 3 rings (SSSR count). The molecule has 6 nitrogen and oxygen atoms in total. The number of benzene rings is 1. The van der Waals surface area contributed by atoms with Gasteiger partial charge in [0.05, 0.1) is 4.90 Å². The van der Waals surface area contributed by atoms with Crippen molar-refractivity contribution in [3.05, 3.63) is 27.8 Å². The minimum Gasteiger partial charge on any atom is -0.325 e. The van der Waals surface area contributed by atoms with E-state index in [9.17, 15) is 13.2 Å². The summed E-state index contributed by atoms with van der Waals surface area (Å²) in [5.74, 6) is 0. The molecule has 2 saturated heterocycles. The lowest BCUT2D eigenvalue weighted by molar-refractivity contribution is 0.142. The standard InChI is InChI=1S/C20H31N3O3S/c1-14-15(2)17(4)19(18(5)16(14)3)27(25,26)23-12-10-22(11-13-23)20(24)21-8-6-7-9-21/h6-13H2,1-5H3. The molecule has 0 N–H and O–H groups in total. The van der Waals surface area contributed by atoms with Gasteiger partial charge in [0.1, 0.15) is 0 Å². The Morgan fingerprint density at radius 1 is 0.667 bits per heavy atom. The second kappa shape index (κ2) is 7.43. The van der Waals surface area contributed by atoms with Crippen molar-refractivity contribution >= 4 is 16.1 Å². The van der Waals surface area contributed by atoms with Crippen LogP contribution in [0.25, 0.3) is 0 Å². The molecule has 2 amide bonds. The Balaban J connectivity index is 1.81. The summed E-state index contributed by atoms with van der Waals surface area (Å²) in [5, 5.41) is 0. The van der Waals surface area contributed by atoms with E-state index >= 15 is 0 Å². The highest BCUT2D eigenvalue weighted by Gasteiger charge is 2.34. The molecule has 1 aromatic rings. The zero-order chi connectivity index (χ0) is 19.9. The predicted molar refractivity (Wildman–Crippen MR) is 107 cm³/mol. The molecular formula is C20H31N3O3S. The minimum absolute atomic E-state index is 0.0546. The van der Waals surface area contributed by atoms with Crippen molar-refractivity contribution in [3.8, 4) is 0 Å². The van der Waals surface area contributed by atoms with Crippen molar-refractivity contribution in [1.82, 2.24) is 14.1 Å². The second-order valence-corrected chi connectivity index (χ2v) is 9.70. The third-order valence-corrected chi connectivity index (χ3v) is 8.59. The van der Waals surface area contributed by atoms with Gasteiger partial charge < -0.3 is 9.80 Å². The van der Waals surface area contributed by atoms with Crippen LogP contribution in [0.5, 0.6) is 0 Å². The van der Waals surface area contributed by atoms with Gasteiger partial charge in [0.25, 0.3) is 0 Å². The first kappa shape index (κ1) is 20.1. The maximum absolute atomic E-state index is 13.4. The zero-order valence-electron chi connectivity index (χ0n) is 17.1. The van der Waals surface area contributed by atoms with Gasteiger partial charge in [0.15, 0.2) is 0 Å². The Hall–Kier alpha value is -1.60. The van der Waals surface area contributed by atoms with Crippen LogP contribution < -0.4 is 0 Å². The van der Waals surface area contributed by atoms with E-state index in [-0.39, 0.29) is 6.03 Å². The van der Waals surface area contributed by atoms with Gasteiger partial charge in [-0.1, -0.05) is 0 Å². The molecule has 2 fully saturated rings. The van der Waals surface area contributed by atoms with Gasteiger partial charge in [-0.15, -0.1) is 0 Å². The summed E-state index contributed by atoms with van der Waals surface area (Å²) in [7, 11) is -3.57. The van der Waals surface area contributed by atoms with Gasteiger partial charge in [-0.3, -0.25) is 0 Å². The van der Waals surface area contributed by atoms with Gasteiger partial charge in [-0.2, -0.15) is 4.31 Å². The number of sulfonamides is 1. The van der Waals surface area contributed by atoms with Gasteiger partial charge in [0.2, 0.25) is 10.0 Å². The number of likely N-dealkylation sites (tertiary alicyclic amines) is 1. The highest BCUT2D eigenvalue weighted by atomic mass is 32.2. The molecule has 0 unspecified atom stereocenters. The molecule has 1 aromatic carbocycles. The molecule has 150 valence electrons. The quantitative estimate of drug-likeness (QED) is 0.776. The van der Waals surface area contributed by atoms with Gasteiger partial charge in [0, 0.05) is 39.3 Å². The number of piperazine rings is 1. The summed E-state index contributed by atoms with van der Waals surface area (Å²) in [6.45, 7) is 13.1. The van der Waals surface area contributed by atoms with E-state index in [2.05, 4.69) is 0 Å². The molecule has 2 aliphatic rings. The lowest BCUT2D eigenvalue weighted by atomic mass is 9.95. The first-order valence-electron chi connectivity index (χ1n) is 9.77. The zero-order valence-corrected chi connectivity index (χ0v) is 17.9. The van der Waals surface area contributed by atoms with Crippen LogP contribution in [0.2, 0.25) is 0 Å². The van der Waals surface area contributed by atoms with Crippen LogP contribution in [0.4, 0.5) is 4.79 Å². The molecule has 0 radical (unpaired) electrons. The van der Waals surface area contributed by atoms with Gasteiger partial charge in [-0.25, -0.2) is 13.2 Å². The van der Waals surface area contributed by atoms with Gasteiger partial charge in [-0.05, 0) is 75.3 Å². The van der Waals surface area contributed by atoms with Gasteiger partial charge >= 0.3 is 6.03 Å². The number of hydrogen-bond donors (Lipinski definition) is 0. The number of carbonyl (C=O) groups is 1. The van der Waals surface area contributed by atoms with E-state index in [4.69, 9.17) is 0 Å². The summed E-state index contributed by atoms with van der Waals surface area (Å²) in [4.78, 5) is 16.7. The van der Waals surface area contributed by atoms with Crippen LogP contribution >= 0.6 is 0 Å². The Morgan fingerprint density at radius 2 is 1.07 bits per heavy atom. The number of amides is 2. The fourth-order valence-corrected chi connectivity index (χ4v) is 6.19. The highest BCUT2D eigenvalue weighted by Crippen LogP contribution is 2.32. The molecule has 0 bridgehead atoms. The lowest BCUT2D eigenvalue weighted by Gasteiger charge is -2.36. The molecular weight excluding hydrogens is 362 g/mol. The lowest BCUT2D eigenvalue weighted by Crippen LogP contribution is -2.53. The topological polar surface area (TPSA) is 60.9 Å². The molecule has 0 aliphatic carbocycles. The van der Waals surface area contributed by atoms with Crippen LogP contribution in [0.3, 0.4) is 0 Å². The molecule has 0 spiro atoms. The number of urea groups is 1. The van der Waals surface area contributed by atoms with E-state index in [1.165, 1.54) is 0 Å². The third kappa shape index (κ3) is 3.47. The Labute approximate surface area is 163 Å². The summed E-state index contributed by atoms with van der Waals surface area (Å²) in [5.41, 5.74) is 4.92. The van der Waals surface area contributed by atoms with Crippen molar-refractivity contribution < 1.29 is 13.2 Å². The number of rotatable bonds is 2. The Morgan fingerprint density at radius 3 is 1.56 bits per heavy atom. The first-order chi connectivity index (χ1) is 12.7. The maximum Gasteiger partial charge on any atom is 0.320 e. The van der Waals surface area contributed by atoms with Crippen LogP contribution in [0, 0.1) is 34.6 Å². The average Bonchev–Trinajstić information content (AvgIpc) is 3.19. The van der Waals surface area contributed by atoms with Crippen LogP contribution in [0.1, 0.15) is 40.7 Å². The van der Waals surface area contributed by atoms with Crippen molar-refractivity contribution in [3.63, 3.8) is 0 Å². The number of hydrogen-bond acceptors (Lipinski definition) is 3.